The lowest BCUT2D eigenvalue weighted by atomic mass is 10.1. The molecule has 0 spiro atoms. The third-order valence-electron chi connectivity index (χ3n) is 4.96. The zero-order valence-electron chi connectivity index (χ0n) is 16.6. The Bertz CT molecular complexity index is 1230. The van der Waals surface area contributed by atoms with E-state index in [9.17, 15) is 9.59 Å². The summed E-state index contributed by atoms with van der Waals surface area (Å²) in [4.78, 5) is 29.7. The molecule has 2 amide bonds. The van der Waals surface area contributed by atoms with Gasteiger partial charge in [-0.15, -0.1) is 0 Å². The SMILES string of the molecule is Cc1ccc(N2C(=O)/C(=C\c3cc(Br)c(I)o3)C(=O)N(c3ccccc3)C2=S)cc1C. The summed E-state index contributed by atoms with van der Waals surface area (Å²) in [5.41, 5.74) is 3.27. The molecule has 1 fully saturated rings. The molecule has 1 aliphatic rings. The third-order valence-corrected chi connectivity index (χ3v) is 7.46. The van der Waals surface area contributed by atoms with Gasteiger partial charge in [-0.3, -0.25) is 19.4 Å². The Hall–Kier alpha value is -2.30. The van der Waals surface area contributed by atoms with Gasteiger partial charge in [0.25, 0.3) is 11.8 Å². The molecule has 1 aliphatic heterocycles. The molecule has 0 N–H and O–H groups in total. The van der Waals surface area contributed by atoms with E-state index in [0.29, 0.717) is 20.9 Å². The number of hydrogen-bond donors (Lipinski definition) is 0. The molecule has 2 heterocycles. The average Bonchev–Trinajstić information content (AvgIpc) is 3.06. The van der Waals surface area contributed by atoms with Crippen molar-refractivity contribution in [3.05, 3.63) is 85.3 Å². The molecule has 0 atom stereocenters. The first-order valence-corrected chi connectivity index (χ1v) is 11.6. The van der Waals surface area contributed by atoms with Gasteiger partial charge in [-0.05, 0) is 89.5 Å². The highest BCUT2D eigenvalue weighted by atomic mass is 127. The fourth-order valence-corrected chi connectivity index (χ4v) is 4.30. The maximum atomic E-state index is 13.5. The van der Waals surface area contributed by atoms with E-state index in [1.807, 2.05) is 72.8 Å². The molecule has 8 heteroatoms. The smallest absolute Gasteiger partial charge is 0.270 e. The van der Waals surface area contributed by atoms with Gasteiger partial charge in [-0.25, -0.2) is 0 Å². The van der Waals surface area contributed by atoms with Crippen molar-refractivity contribution in [3.8, 4) is 0 Å². The minimum Gasteiger partial charge on any atom is -0.450 e. The predicted octanol–water partition coefficient (Wildman–Crippen LogP) is 6.01. The molecule has 0 bridgehead atoms. The van der Waals surface area contributed by atoms with E-state index < -0.39 is 11.8 Å². The second kappa shape index (κ2) is 8.68. The molecular weight excluding hydrogens is 591 g/mol. The van der Waals surface area contributed by atoms with Crippen molar-refractivity contribution in [2.45, 2.75) is 13.8 Å². The number of nitrogens with zero attached hydrogens (tertiary/aromatic N) is 2. The predicted molar refractivity (Wildman–Crippen MR) is 137 cm³/mol. The second-order valence-corrected chi connectivity index (χ2v) is 9.20. The third kappa shape index (κ3) is 4.11. The van der Waals surface area contributed by atoms with Crippen LogP contribution >= 0.6 is 50.7 Å². The van der Waals surface area contributed by atoms with Crippen LogP contribution in [0.4, 0.5) is 11.4 Å². The van der Waals surface area contributed by atoms with E-state index in [-0.39, 0.29) is 10.7 Å². The molecule has 156 valence electrons. The Morgan fingerprint density at radius 2 is 1.58 bits per heavy atom. The summed E-state index contributed by atoms with van der Waals surface area (Å²) in [6.07, 6.45) is 1.46. The first kappa shape index (κ1) is 21.9. The Labute approximate surface area is 207 Å². The first-order chi connectivity index (χ1) is 14.8. The Kier molecular flexibility index (Phi) is 6.14. The van der Waals surface area contributed by atoms with Crippen molar-refractivity contribution in [1.29, 1.82) is 0 Å². The number of anilines is 2. The van der Waals surface area contributed by atoms with E-state index in [2.05, 4.69) is 15.9 Å². The van der Waals surface area contributed by atoms with E-state index in [0.717, 1.165) is 15.6 Å². The number of hydrogen-bond acceptors (Lipinski definition) is 4. The van der Waals surface area contributed by atoms with Gasteiger partial charge >= 0.3 is 0 Å². The van der Waals surface area contributed by atoms with Gasteiger partial charge in [-0.2, -0.15) is 0 Å². The van der Waals surface area contributed by atoms with Crippen LogP contribution in [-0.2, 0) is 9.59 Å². The van der Waals surface area contributed by atoms with Crippen molar-refractivity contribution in [3.63, 3.8) is 0 Å². The van der Waals surface area contributed by atoms with Crippen LogP contribution in [-0.4, -0.2) is 16.9 Å². The van der Waals surface area contributed by atoms with Gasteiger partial charge in [0, 0.05) is 22.6 Å². The molecule has 5 nitrogen and oxygen atoms in total. The van der Waals surface area contributed by atoms with Gasteiger partial charge < -0.3 is 4.42 Å². The Balaban J connectivity index is 1.88. The van der Waals surface area contributed by atoms with Crippen LogP contribution < -0.4 is 9.80 Å². The second-order valence-electron chi connectivity index (χ2n) is 7.00. The molecular formula is C23H16BrIN2O3S. The Morgan fingerprint density at radius 3 is 2.16 bits per heavy atom. The summed E-state index contributed by atoms with van der Waals surface area (Å²) in [5.74, 6) is -0.592. The van der Waals surface area contributed by atoms with Crippen LogP contribution in [0.15, 0.2) is 69.1 Å². The van der Waals surface area contributed by atoms with Gasteiger partial charge in [0.15, 0.2) is 8.88 Å². The van der Waals surface area contributed by atoms with Gasteiger partial charge in [-0.1, -0.05) is 24.3 Å². The number of furan rings is 1. The zero-order chi connectivity index (χ0) is 22.3. The minimum absolute atomic E-state index is 0.0340. The van der Waals surface area contributed by atoms with Crippen LogP contribution in [0.1, 0.15) is 16.9 Å². The lowest BCUT2D eigenvalue weighted by molar-refractivity contribution is -0.120. The average molecular weight is 607 g/mol. The molecule has 4 rings (SSSR count). The fourth-order valence-electron chi connectivity index (χ4n) is 3.20. The van der Waals surface area contributed by atoms with Crippen LogP contribution in [0.2, 0.25) is 0 Å². The number of para-hydroxylation sites is 1. The number of carbonyl (C=O) groups excluding carboxylic acids is 2. The van der Waals surface area contributed by atoms with E-state index >= 15 is 0 Å². The molecule has 0 radical (unpaired) electrons. The number of thiocarbonyl (C=S) groups is 1. The minimum atomic E-state index is -0.496. The number of aryl methyl sites for hydroxylation is 2. The Morgan fingerprint density at radius 1 is 0.935 bits per heavy atom. The molecule has 0 saturated carbocycles. The molecule has 0 aliphatic carbocycles. The number of rotatable bonds is 3. The van der Waals surface area contributed by atoms with Crippen LogP contribution in [0.25, 0.3) is 6.08 Å². The largest absolute Gasteiger partial charge is 0.450 e. The molecule has 1 saturated heterocycles. The number of carbonyl (C=O) groups is 2. The highest BCUT2D eigenvalue weighted by Gasteiger charge is 2.41. The first-order valence-electron chi connectivity index (χ1n) is 9.29. The van der Waals surface area contributed by atoms with Crippen molar-refractivity contribution in [2.75, 3.05) is 9.80 Å². The quantitative estimate of drug-likeness (QED) is 0.159. The summed E-state index contributed by atoms with van der Waals surface area (Å²) in [7, 11) is 0. The standard InChI is InChI=1S/C23H16BrIN2O3S/c1-13-8-9-16(10-14(13)2)27-22(29)18(11-17-12-19(24)20(25)30-17)21(28)26(23(27)31)15-6-4-3-5-7-15/h3-12H,1-2H3/b18-11-. The normalized spacial score (nSPS) is 15.9. The summed E-state index contributed by atoms with van der Waals surface area (Å²) in [6, 6.07) is 16.4. The van der Waals surface area contributed by atoms with Crippen LogP contribution in [0, 0.1) is 17.6 Å². The zero-order valence-corrected chi connectivity index (χ0v) is 21.1. The van der Waals surface area contributed by atoms with Gasteiger partial charge in [0.1, 0.15) is 11.3 Å². The van der Waals surface area contributed by atoms with Crippen molar-refractivity contribution in [2.24, 2.45) is 0 Å². The fraction of sp³-hybridized carbons (Fsp3) is 0.0870. The van der Waals surface area contributed by atoms with E-state index in [4.69, 9.17) is 16.6 Å². The molecule has 3 aromatic rings. The van der Waals surface area contributed by atoms with Crippen LogP contribution in [0.3, 0.4) is 0 Å². The van der Waals surface area contributed by atoms with Gasteiger partial charge in [0.05, 0.1) is 15.8 Å². The lowest BCUT2D eigenvalue weighted by Gasteiger charge is -2.36. The number of benzene rings is 2. The number of halogens is 2. The summed E-state index contributed by atoms with van der Waals surface area (Å²) >= 11 is 11.1. The number of amides is 2. The molecule has 2 aromatic carbocycles. The summed E-state index contributed by atoms with van der Waals surface area (Å²) < 4.78 is 7.02. The lowest BCUT2D eigenvalue weighted by Crippen LogP contribution is -2.57. The highest BCUT2D eigenvalue weighted by Crippen LogP contribution is 2.32. The van der Waals surface area contributed by atoms with E-state index in [1.165, 1.54) is 15.9 Å². The maximum Gasteiger partial charge on any atom is 0.270 e. The molecule has 31 heavy (non-hydrogen) atoms. The van der Waals surface area contributed by atoms with E-state index in [1.54, 1.807) is 18.2 Å². The summed E-state index contributed by atoms with van der Waals surface area (Å²) in [5, 5.41) is 0.108. The van der Waals surface area contributed by atoms with Gasteiger partial charge in [0.2, 0.25) is 0 Å². The highest BCUT2D eigenvalue weighted by molar-refractivity contribution is 14.1. The molecule has 1 aromatic heterocycles. The summed E-state index contributed by atoms with van der Waals surface area (Å²) in [6.45, 7) is 3.96. The monoisotopic (exact) mass is 606 g/mol. The van der Waals surface area contributed by atoms with Crippen molar-refractivity contribution >= 4 is 85.1 Å². The van der Waals surface area contributed by atoms with Crippen LogP contribution in [0.5, 0.6) is 0 Å². The van der Waals surface area contributed by atoms with Crippen molar-refractivity contribution < 1.29 is 14.0 Å². The maximum absolute atomic E-state index is 13.5. The van der Waals surface area contributed by atoms with Crippen molar-refractivity contribution in [1.82, 2.24) is 0 Å². The molecule has 0 unspecified atom stereocenters. The topological polar surface area (TPSA) is 53.8 Å².